The van der Waals surface area contributed by atoms with Crippen LogP contribution in [0.1, 0.15) is 11.1 Å². The number of anilines is 2. The molecular formula is C22H15F4N3. The highest BCUT2D eigenvalue weighted by atomic mass is 19.4. The normalized spacial score (nSPS) is 11.6. The molecule has 1 N–H and O–H groups in total. The van der Waals surface area contributed by atoms with E-state index in [1.54, 1.807) is 24.4 Å². The number of nitrogens with zero attached hydrogens (tertiary/aromatic N) is 2. The summed E-state index contributed by atoms with van der Waals surface area (Å²) in [6.07, 6.45) is -1.17. The first-order valence-corrected chi connectivity index (χ1v) is 8.77. The number of hydrogen-bond acceptors (Lipinski definition) is 3. The lowest BCUT2D eigenvalue weighted by atomic mass is 10.0. The number of halogens is 4. The monoisotopic (exact) mass is 397 g/mol. The molecule has 4 rings (SSSR count). The van der Waals surface area contributed by atoms with E-state index in [4.69, 9.17) is 0 Å². The van der Waals surface area contributed by atoms with Crippen LogP contribution in [0.5, 0.6) is 0 Å². The molecule has 2 aromatic carbocycles. The van der Waals surface area contributed by atoms with Gasteiger partial charge in [0.05, 0.1) is 16.8 Å². The summed E-state index contributed by atoms with van der Waals surface area (Å²) in [5.74, 6) is -0.0815. The van der Waals surface area contributed by atoms with Gasteiger partial charge in [0.25, 0.3) is 0 Å². The van der Waals surface area contributed by atoms with Gasteiger partial charge >= 0.3 is 6.18 Å². The first-order valence-electron chi connectivity index (χ1n) is 8.77. The topological polar surface area (TPSA) is 37.8 Å². The summed E-state index contributed by atoms with van der Waals surface area (Å²) >= 11 is 0. The number of hydrogen-bond donors (Lipinski definition) is 1. The minimum atomic E-state index is -4.39. The summed E-state index contributed by atoms with van der Waals surface area (Å²) in [4.78, 5) is 8.51. The first-order chi connectivity index (χ1) is 13.8. The van der Waals surface area contributed by atoms with E-state index in [1.165, 1.54) is 24.4 Å². The molecule has 0 aliphatic heterocycles. The van der Waals surface area contributed by atoms with Gasteiger partial charge in [-0.1, -0.05) is 12.1 Å². The van der Waals surface area contributed by atoms with E-state index in [1.807, 2.05) is 13.0 Å². The van der Waals surface area contributed by atoms with E-state index in [2.05, 4.69) is 15.3 Å². The third-order valence-electron chi connectivity index (χ3n) is 4.51. The summed E-state index contributed by atoms with van der Waals surface area (Å²) in [6.45, 7) is 1.87. The number of fused-ring (bicyclic) bond motifs is 1. The van der Waals surface area contributed by atoms with Gasteiger partial charge in [-0.25, -0.2) is 9.37 Å². The second kappa shape index (κ2) is 7.16. The molecule has 7 heteroatoms. The summed E-state index contributed by atoms with van der Waals surface area (Å²) in [5.41, 5.74) is 2.31. The second-order valence-corrected chi connectivity index (χ2v) is 6.63. The van der Waals surface area contributed by atoms with Crippen molar-refractivity contribution >= 4 is 22.4 Å². The molecule has 2 aromatic heterocycles. The fourth-order valence-electron chi connectivity index (χ4n) is 3.06. The van der Waals surface area contributed by atoms with Crippen LogP contribution in [-0.2, 0) is 6.18 Å². The fraction of sp³-hybridized carbons (Fsp3) is 0.0909. The average Bonchev–Trinajstić information content (AvgIpc) is 2.70. The van der Waals surface area contributed by atoms with Crippen molar-refractivity contribution in [3.8, 4) is 11.1 Å². The third kappa shape index (κ3) is 3.89. The molecule has 0 aliphatic rings. The molecule has 29 heavy (non-hydrogen) atoms. The maximum Gasteiger partial charge on any atom is 0.416 e. The molecule has 0 saturated carbocycles. The Bertz CT molecular complexity index is 1180. The zero-order valence-electron chi connectivity index (χ0n) is 15.3. The molecule has 0 bridgehead atoms. The van der Waals surface area contributed by atoms with Crippen molar-refractivity contribution in [3.05, 3.63) is 83.9 Å². The third-order valence-corrected chi connectivity index (χ3v) is 4.51. The maximum absolute atomic E-state index is 14.5. The van der Waals surface area contributed by atoms with Gasteiger partial charge in [0, 0.05) is 17.8 Å². The van der Waals surface area contributed by atoms with Gasteiger partial charge in [-0.3, -0.25) is 4.98 Å². The van der Waals surface area contributed by atoms with E-state index in [0.717, 1.165) is 17.7 Å². The lowest BCUT2D eigenvalue weighted by Gasteiger charge is -2.12. The van der Waals surface area contributed by atoms with Crippen LogP contribution >= 0.6 is 0 Å². The van der Waals surface area contributed by atoms with Gasteiger partial charge in [-0.2, -0.15) is 13.2 Å². The summed E-state index contributed by atoms with van der Waals surface area (Å²) < 4.78 is 52.8. The number of nitrogens with one attached hydrogen (secondary N) is 1. The Hall–Kier alpha value is -3.48. The Labute approximate surface area is 164 Å². The van der Waals surface area contributed by atoms with Gasteiger partial charge in [0.1, 0.15) is 11.6 Å². The molecule has 0 amide bonds. The molecule has 146 valence electrons. The Morgan fingerprint density at radius 1 is 0.862 bits per heavy atom. The SMILES string of the molecule is Cc1cnc2ccc(F)c(Nc3cc(-c4ccc(C(F)(F)F)cc4)ccn3)c2c1. The van der Waals surface area contributed by atoms with Crippen LogP contribution in [0.25, 0.3) is 22.0 Å². The molecule has 0 spiro atoms. The molecule has 3 nitrogen and oxygen atoms in total. The fourth-order valence-corrected chi connectivity index (χ4v) is 3.06. The Balaban J connectivity index is 1.69. The van der Waals surface area contributed by atoms with Crippen LogP contribution in [0.4, 0.5) is 29.1 Å². The van der Waals surface area contributed by atoms with Crippen molar-refractivity contribution < 1.29 is 17.6 Å². The van der Waals surface area contributed by atoms with Crippen molar-refractivity contribution in [1.29, 1.82) is 0 Å². The van der Waals surface area contributed by atoms with Crippen molar-refractivity contribution in [2.45, 2.75) is 13.1 Å². The smallest absolute Gasteiger partial charge is 0.337 e. The average molecular weight is 397 g/mol. The highest BCUT2D eigenvalue weighted by Gasteiger charge is 2.29. The number of benzene rings is 2. The summed E-state index contributed by atoms with van der Waals surface area (Å²) in [5, 5.41) is 3.60. The van der Waals surface area contributed by atoms with Gasteiger partial charge in [0.2, 0.25) is 0 Å². The van der Waals surface area contributed by atoms with Gasteiger partial charge in [-0.15, -0.1) is 0 Å². The van der Waals surface area contributed by atoms with Crippen molar-refractivity contribution in [1.82, 2.24) is 9.97 Å². The van der Waals surface area contributed by atoms with Gasteiger partial charge < -0.3 is 5.32 Å². The molecule has 0 atom stereocenters. The largest absolute Gasteiger partial charge is 0.416 e. The predicted octanol–water partition coefficient (Wildman–Crippen LogP) is 6.51. The minimum Gasteiger partial charge on any atom is -0.337 e. The summed E-state index contributed by atoms with van der Waals surface area (Å²) in [7, 11) is 0. The number of rotatable bonds is 3. The summed E-state index contributed by atoms with van der Waals surface area (Å²) in [6, 6.07) is 12.9. The molecular weight excluding hydrogens is 382 g/mol. The van der Waals surface area contributed by atoms with Crippen LogP contribution in [0.15, 0.2) is 67.0 Å². The lowest BCUT2D eigenvalue weighted by Crippen LogP contribution is -2.04. The van der Waals surface area contributed by atoms with Gasteiger partial charge in [0.15, 0.2) is 0 Å². The minimum absolute atomic E-state index is 0.246. The first kappa shape index (κ1) is 18.9. The van der Waals surface area contributed by atoms with Crippen LogP contribution in [0.2, 0.25) is 0 Å². The van der Waals surface area contributed by atoms with Crippen molar-refractivity contribution in [3.63, 3.8) is 0 Å². The van der Waals surface area contributed by atoms with E-state index in [-0.39, 0.29) is 5.69 Å². The lowest BCUT2D eigenvalue weighted by molar-refractivity contribution is -0.137. The second-order valence-electron chi connectivity index (χ2n) is 6.63. The number of aryl methyl sites for hydroxylation is 1. The zero-order valence-corrected chi connectivity index (χ0v) is 15.3. The highest BCUT2D eigenvalue weighted by molar-refractivity contribution is 5.93. The molecule has 2 heterocycles. The van der Waals surface area contributed by atoms with E-state index >= 15 is 0 Å². The predicted molar refractivity (Wildman–Crippen MR) is 104 cm³/mol. The number of pyridine rings is 2. The standard InChI is InChI=1S/C22H15F4N3/c1-13-10-17-19(28-12-13)7-6-18(23)21(17)29-20-11-15(8-9-27-20)14-2-4-16(5-3-14)22(24,25)26/h2-12H,1H3,(H,27,29). The van der Waals surface area contributed by atoms with Gasteiger partial charge in [-0.05, 0) is 66.1 Å². The van der Waals surface area contributed by atoms with Crippen molar-refractivity contribution in [2.75, 3.05) is 5.32 Å². The molecule has 0 fully saturated rings. The maximum atomic E-state index is 14.5. The molecule has 0 unspecified atom stereocenters. The Kier molecular flexibility index (Phi) is 4.66. The highest BCUT2D eigenvalue weighted by Crippen LogP contribution is 2.32. The van der Waals surface area contributed by atoms with Crippen LogP contribution < -0.4 is 5.32 Å². The van der Waals surface area contributed by atoms with Crippen LogP contribution in [0, 0.1) is 12.7 Å². The Morgan fingerprint density at radius 2 is 1.62 bits per heavy atom. The molecule has 4 aromatic rings. The van der Waals surface area contributed by atoms with E-state index in [9.17, 15) is 17.6 Å². The molecule has 0 saturated heterocycles. The molecule has 0 radical (unpaired) electrons. The van der Waals surface area contributed by atoms with E-state index < -0.39 is 17.6 Å². The van der Waals surface area contributed by atoms with Crippen LogP contribution in [0.3, 0.4) is 0 Å². The van der Waals surface area contributed by atoms with E-state index in [0.29, 0.717) is 27.8 Å². The Morgan fingerprint density at radius 3 is 2.34 bits per heavy atom. The van der Waals surface area contributed by atoms with Crippen molar-refractivity contribution in [2.24, 2.45) is 0 Å². The zero-order chi connectivity index (χ0) is 20.6. The number of alkyl halides is 3. The van der Waals surface area contributed by atoms with Crippen LogP contribution in [-0.4, -0.2) is 9.97 Å². The molecule has 0 aliphatic carbocycles. The quantitative estimate of drug-likeness (QED) is 0.401. The number of aromatic nitrogens is 2.